The fourth-order valence-corrected chi connectivity index (χ4v) is 2.64. The zero-order chi connectivity index (χ0) is 16.4. The third-order valence-corrected chi connectivity index (χ3v) is 4.36. The van der Waals surface area contributed by atoms with E-state index < -0.39 is 0 Å². The molecule has 0 aliphatic carbocycles. The van der Waals surface area contributed by atoms with Gasteiger partial charge in [-0.15, -0.1) is 0 Å². The number of nitrogens with one attached hydrogen (secondary N) is 1. The van der Waals surface area contributed by atoms with E-state index in [4.69, 9.17) is 0 Å². The SMILES string of the molecule is CCN(CC)CCCN/C=C(/C#N)C(=O)N1CCC(C)CC1. The minimum absolute atomic E-state index is 0.134. The predicted molar refractivity (Wildman–Crippen MR) is 89.1 cm³/mol. The zero-order valence-corrected chi connectivity index (χ0v) is 14.3. The molecule has 1 fully saturated rings. The first-order valence-corrected chi connectivity index (χ1v) is 8.47. The summed E-state index contributed by atoms with van der Waals surface area (Å²) in [5.74, 6) is 0.544. The molecule has 22 heavy (non-hydrogen) atoms. The summed E-state index contributed by atoms with van der Waals surface area (Å²) in [6.45, 7) is 12.0. The van der Waals surface area contributed by atoms with Crippen molar-refractivity contribution in [3.8, 4) is 6.07 Å². The molecule has 0 atom stereocenters. The molecule has 1 aliphatic rings. The minimum Gasteiger partial charge on any atom is -0.390 e. The fraction of sp³-hybridized carbons (Fsp3) is 0.765. The second-order valence-corrected chi connectivity index (χ2v) is 5.98. The largest absolute Gasteiger partial charge is 0.390 e. The van der Waals surface area contributed by atoms with E-state index in [1.165, 1.54) is 0 Å². The molecule has 124 valence electrons. The molecule has 0 saturated carbocycles. The number of amides is 1. The van der Waals surface area contributed by atoms with E-state index in [9.17, 15) is 10.1 Å². The van der Waals surface area contributed by atoms with Crippen LogP contribution >= 0.6 is 0 Å². The second kappa shape index (κ2) is 10.2. The monoisotopic (exact) mass is 306 g/mol. The van der Waals surface area contributed by atoms with Gasteiger partial charge in [0.2, 0.25) is 0 Å². The molecule has 0 unspecified atom stereocenters. The highest BCUT2D eigenvalue weighted by Gasteiger charge is 2.22. The van der Waals surface area contributed by atoms with Gasteiger partial charge in [-0.2, -0.15) is 5.26 Å². The highest BCUT2D eigenvalue weighted by atomic mass is 16.2. The molecule has 0 aromatic heterocycles. The van der Waals surface area contributed by atoms with Crippen molar-refractivity contribution in [2.45, 2.75) is 40.0 Å². The zero-order valence-electron chi connectivity index (χ0n) is 14.3. The van der Waals surface area contributed by atoms with Crippen LogP contribution in [0.2, 0.25) is 0 Å². The Hall–Kier alpha value is -1.54. The van der Waals surface area contributed by atoms with Crippen molar-refractivity contribution >= 4 is 5.91 Å². The van der Waals surface area contributed by atoms with Crippen molar-refractivity contribution in [3.05, 3.63) is 11.8 Å². The molecule has 0 radical (unpaired) electrons. The molecule has 0 spiro atoms. The summed E-state index contributed by atoms with van der Waals surface area (Å²) in [4.78, 5) is 16.4. The molecule has 0 aromatic rings. The Morgan fingerprint density at radius 3 is 2.55 bits per heavy atom. The summed E-state index contributed by atoms with van der Waals surface area (Å²) in [5.41, 5.74) is 0.220. The number of nitriles is 1. The third-order valence-electron chi connectivity index (χ3n) is 4.36. The van der Waals surface area contributed by atoms with Crippen LogP contribution in [-0.4, -0.2) is 55.0 Å². The molecule has 1 aliphatic heterocycles. The van der Waals surface area contributed by atoms with Crippen LogP contribution in [0.3, 0.4) is 0 Å². The summed E-state index contributed by atoms with van der Waals surface area (Å²) in [5, 5.41) is 12.3. The van der Waals surface area contributed by atoms with E-state index in [1.54, 1.807) is 11.1 Å². The van der Waals surface area contributed by atoms with Gasteiger partial charge in [0.1, 0.15) is 11.6 Å². The lowest BCUT2D eigenvalue weighted by Gasteiger charge is -2.30. The Bertz CT molecular complexity index is 401. The van der Waals surface area contributed by atoms with Gasteiger partial charge in [-0.3, -0.25) is 4.79 Å². The first-order chi connectivity index (χ1) is 10.6. The van der Waals surface area contributed by atoms with Crippen molar-refractivity contribution in [1.82, 2.24) is 15.1 Å². The van der Waals surface area contributed by atoms with Crippen LogP contribution in [-0.2, 0) is 4.79 Å². The molecule has 5 heteroatoms. The molecular formula is C17H30N4O. The summed E-state index contributed by atoms with van der Waals surface area (Å²) in [6.07, 6.45) is 4.65. The molecule has 5 nitrogen and oxygen atoms in total. The van der Waals surface area contributed by atoms with Crippen LogP contribution < -0.4 is 5.32 Å². The second-order valence-electron chi connectivity index (χ2n) is 5.98. The van der Waals surface area contributed by atoms with Crippen molar-refractivity contribution in [2.75, 3.05) is 39.3 Å². The summed E-state index contributed by atoms with van der Waals surface area (Å²) in [7, 11) is 0. The lowest BCUT2D eigenvalue weighted by molar-refractivity contribution is -0.128. The first kappa shape index (κ1) is 18.5. The van der Waals surface area contributed by atoms with Crippen molar-refractivity contribution in [2.24, 2.45) is 5.92 Å². The van der Waals surface area contributed by atoms with Crippen LogP contribution in [0.1, 0.15) is 40.0 Å². The lowest BCUT2D eigenvalue weighted by atomic mass is 9.99. The number of carbonyl (C=O) groups excluding carboxylic acids is 1. The van der Waals surface area contributed by atoms with Gasteiger partial charge in [0.25, 0.3) is 5.91 Å². The Labute approximate surface area is 135 Å². The van der Waals surface area contributed by atoms with Gasteiger partial charge < -0.3 is 15.1 Å². The molecule has 0 bridgehead atoms. The van der Waals surface area contributed by atoms with Gasteiger partial charge in [-0.05, 0) is 44.8 Å². The maximum Gasteiger partial charge on any atom is 0.265 e. The number of nitrogens with zero attached hydrogens (tertiary/aromatic N) is 3. The average Bonchev–Trinajstić information content (AvgIpc) is 2.54. The van der Waals surface area contributed by atoms with Crippen LogP contribution in [0, 0.1) is 17.2 Å². The van der Waals surface area contributed by atoms with Gasteiger partial charge >= 0.3 is 0 Å². The maximum atomic E-state index is 12.3. The summed E-state index contributed by atoms with van der Waals surface area (Å²) >= 11 is 0. The van der Waals surface area contributed by atoms with Crippen LogP contribution in [0.4, 0.5) is 0 Å². The molecular weight excluding hydrogens is 276 g/mol. The molecule has 1 amide bonds. The van der Waals surface area contributed by atoms with Gasteiger partial charge in [0, 0.05) is 25.8 Å². The lowest BCUT2D eigenvalue weighted by Crippen LogP contribution is -2.38. The summed E-state index contributed by atoms with van der Waals surface area (Å²) in [6, 6.07) is 2.03. The standard InChI is InChI=1S/C17H30N4O/c1-4-20(5-2)10-6-9-19-14-16(13-18)17(22)21-11-7-15(3)8-12-21/h14-15,19H,4-12H2,1-3H3/b16-14-. The smallest absolute Gasteiger partial charge is 0.265 e. The third kappa shape index (κ3) is 6.07. The number of hydrogen-bond acceptors (Lipinski definition) is 4. The van der Waals surface area contributed by atoms with Gasteiger partial charge in [-0.25, -0.2) is 0 Å². The summed E-state index contributed by atoms with van der Waals surface area (Å²) < 4.78 is 0. The van der Waals surface area contributed by atoms with Crippen molar-refractivity contribution in [1.29, 1.82) is 5.26 Å². The number of likely N-dealkylation sites (tertiary alicyclic amines) is 1. The van der Waals surface area contributed by atoms with Crippen LogP contribution in [0.5, 0.6) is 0 Å². The molecule has 1 saturated heterocycles. The Kier molecular flexibility index (Phi) is 8.61. The van der Waals surface area contributed by atoms with Crippen molar-refractivity contribution in [3.63, 3.8) is 0 Å². The van der Waals surface area contributed by atoms with Crippen LogP contribution in [0.15, 0.2) is 11.8 Å². The Morgan fingerprint density at radius 1 is 1.36 bits per heavy atom. The average molecular weight is 306 g/mol. The van der Waals surface area contributed by atoms with Crippen LogP contribution in [0.25, 0.3) is 0 Å². The number of hydrogen-bond donors (Lipinski definition) is 1. The van der Waals surface area contributed by atoms with Gasteiger partial charge in [0.05, 0.1) is 0 Å². The normalized spacial score (nSPS) is 16.7. The fourth-order valence-electron chi connectivity index (χ4n) is 2.64. The number of piperidine rings is 1. The van der Waals surface area contributed by atoms with Gasteiger partial charge in [-0.1, -0.05) is 20.8 Å². The Morgan fingerprint density at radius 2 is 2.00 bits per heavy atom. The highest BCUT2D eigenvalue weighted by molar-refractivity contribution is 5.97. The first-order valence-electron chi connectivity index (χ1n) is 8.47. The molecule has 1 heterocycles. The number of rotatable bonds is 8. The van der Waals surface area contributed by atoms with E-state index in [-0.39, 0.29) is 11.5 Å². The van der Waals surface area contributed by atoms with E-state index in [0.29, 0.717) is 5.92 Å². The van der Waals surface area contributed by atoms with Crippen molar-refractivity contribution < 1.29 is 4.79 Å². The quantitative estimate of drug-likeness (QED) is 0.423. The molecule has 1 N–H and O–H groups in total. The molecule has 0 aromatic carbocycles. The van der Waals surface area contributed by atoms with E-state index in [1.807, 2.05) is 6.07 Å². The predicted octanol–water partition coefficient (Wildman–Crippen LogP) is 1.97. The number of carbonyl (C=O) groups is 1. The molecule has 1 rings (SSSR count). The Balaban J connectivity index is 2.36. The van der Waals surface area contributed by atoms with E-state index in [2.05, 4.69) is 31.0 Å². The maximum absolute atomic E-state index is 12.3. The van der Waals surface area contributed by atoms with E-state index in [0.717, 1.165) is 58.5 Å². The van der Waals surface area contributed by atoms with E-state index >= 15 is 0 Å². The highest BCUT2D eigenvalue weighted by Crippen LogP contribution is 2.17. The minimum atomic E-state index is -0.134. The topological polar surface area (TPSA) is 59.4 Å². The van der Waals surface area contributed by atoms with Gasteiger partial charge in [0.15, 0.2) is 0 Å².